The van der Waals surface area contributed by atoms with Gasteiger partial charge in [0.05, 0.1) is 18.0 Å². The fourth-order valence-corrected chi connectivity index (χ4v) is 4.89. The number of fused-ring (bicyclic) bond motifs is 1. The summed E-state index contributed by atoms with van der Waals surface area (Å²) in [5.41, 5.74) is 1.79. The molecule has 176 valence electrons. The van der Waals surface area contributed by atoms with Gasteiger partial charge in [0.25, 0.3) is 5.69 Å². The van der Waals surface area contributed by atoms with Crippen LogP contribution in [0, 0.1) is 10.1 Å². The first kappa shape index (κ1) is 23.0. The molecule has 1 atom stereocenters. The van der Waals surface area contributed by atoms with E-state index >= 15 is 0 Å². The van der Waals surface area contributed by atoms with Crippen molar-refractivity contribution in [3.63, 3.8) is 0 Å². The first-order valence-electron chi connectivity index (χ1n) is 11.6. The van der Waals surface area contributed by atoms with Crippen molar-refractivity contribution in [2.75, 3.05) is 19.8 Å². The molecule has 0 spiro atoms. The van der Waals surface area contributed by atoms with E-state index in [1.165, 1.54) is 19.3 Å². The highest BCUT2D eigenvalue weighted by Gasteiger charge is 2.27. The van der Waals surface area contributed by atoms with Crippen molar-refractivity contribution in [2.45, 2.75) is 57.0 Å². The van der Waals surface area contributed by atoms with Gasteiger partial charge < -0.3 is 14.6 Å². The lowest BCUT2D eigenvalue weighted by Crippen LogP contribution is -2.39. The zero-order chi connectivity index (χ0) is 23.2. The highest BCUT2D eigenvalue weighted by Crippen LogP contribution is 2.38. The molecule has 1 saturated carbocycles. The maximum absolute atomic E-state index is 11.5. The summed E-state index contributed by atoms with van der Waals surface area (Å²) >= 11 is 0. The number of carboxylic acids is 1. The number of nitrogens with zero attached hydrogens (tertiary/aromatic N) is 2. The molecule has 0 radical (unpaired) electrons. The van der Waals surface area contributed by atoms with Crippen molar-refractivity contribution in [3.05, 3.63) is 63.7 Å². The second kappa shape index (κ2) is 10.7. The van der Waals surface area contributed by atoms with E-state index in [2.05, 4.69) is 4.90 Å². The van der Waals surface area contributed by atoms with Crippen LogP contribution in [-0.4, -0.2) is 46.7 Å². The largest absolute Gasteiger partial charge is 0.492 e. The Hall–Kier alpha value is -3.13. The molecular formula is C25H30N2O6. The summed E-state index contributed by atoms with van der Waals surface area (Å²) in [5.74, 6) is 0.398. The van der Waals surface area contributed by atoms with Crippen LogP contribution in [0.3, 0.4) is 0 Å². The molecule has 4 rings (SSSR count). The standard InChI is InChI=1S/C25H30N2O6/c28-25(29)14-19-17-33-24-15-21(10-11-22(19)24)32-13-12-26(20-7-2-1-3-8-20)16-18-6-4-5-9-23(18)27(30)31/h4-6,9-11,15,19-20H,1-3,7-8,12-14,16-17H2,(H,28,29). The van der Waals surface area contributed by atoms with E-state index in [4.69, 9.17) is 14.6 Å². The molecule has 1 aliphatic carbocycles. The normalized spacial score (nSPS) is 18.0. The van der Waals surface area contributed by atoms with Crippen LogP contribution >= 0.6 is 0 Å². The zero-order valence-corrected chi connectivity index (χ0v) is 18.7. The molecule has 1 N–H and O–H groups in total. The van der Waals surface area contributed by atoms with Gasteiger partial charge in [-0.05, 0) is 18.9 Å². The van der Waals surface area contributed by atoms with E-state index in [1.807, 2.05) is 30.3 Å². The second-order valence-electron chi connectivity index (χ2n) is 8.80. The number of para-hydroxylation sites is 1. The van der Waals surface area contributed by atoms with E-state index in [1.54, 1.807) is 12.1 Å². The van der Waals surface area contributed by atoms with Gasteiger partial charge in [0.15, 0.2) is 0 Å². The monoisotopic (exact) mass is 454 g/mol. The lowest BCUT2D eigenvalue weighted by Gasteiger charge is -2.34. The van der Waals surface area contributed by atoms with Gasteiger partial charge in [-0.2, -0.15) is 0 Å². The van der Waals surface area contributed by atoms with E-state index in [9.17, 15) is 14.9 Å². The average Bonchev–Trinajstić information content (AvgIpc) is 3.20. The summed E-state index contributed by atoms with van der Waals surface area (Å²) < 4.78 is 11.7. The number of aliphatic carboxylic acids is 1. The summed E-state index contributed by atoms with van der Waals surface area (Å²) in [5, 5.41) is 20.5. The maximum atomic E-state index is 11.5. The number of hydrogen-bond acceptors (Lipinski definition) is 6. The first-order chi connectivity index (χ1) is 16.0. The Kier molecular flexibility index (Phi) is 7.44. The van der Waals surface area contributed by atoms with Gasteiger partial charge in [-0.25, -0.2) is 0 Å². The number of hydrogen-bond donors (Lipinski definition) is 1. The lowest BCUT2D eigenvalue weighted by atomic mass is 9.93. The van der Waals surface area contributed by atoms with Crippen LogP contribution in [0.1, 0.15) is 55.6 Å². The summed E-state index contributed by atoms with van der Waals surface area (Å²) in [6.45, 7) is 2.01. The quantitative estimate of drug-likeness (QED) is 0.408. The van der Waals surface area contributed by atoms with Crippen molar-refractivity contribution in [3.8, 4) is 11.5 Å². The smallest absolute Gasteiger partial charge is 0.304 e. The zero-order valence-electron chi connectivity index (χ0n) is 18.7. The van der Waals surface area contributed by atoms with Crippen molar-refractivity contribution in [2.24, 2.45) is 0 Å². The Bertz CT molecular complexity index is 989. The minimum atomic E-state index is -0.835. The third-order valence-electron chi connectivity index (χ3n) is 6.59. The van der Waals surface area contributed by atoms with Gasteiger partial charge in [0.2, 0.25) is 0 Å². The van der Waals surface area contributed by atoms with Crippen LogP contribution in [0.2, 0.25) is 0 Å². The molecule has 0 saturated heterocycles. The van der Waals surface area contributed by atoms with E-state index in [-0.39, 0.29) is 22.9 Å². The lowest BCUT2D eigenvalue weighted by molar-refractivity contribution is -0.385. The van der Waals surface area contributed by atoms with Crippen molar-refractivity contribution in [1.29, 1.82) is 0 Å². The molecule has 2 aliphatic rings. The van der Waals surface area contributed by atoms with E-state index in [0.29, 0.717) is 43.8 Å². The molecule has 33 heavy (non-hydrogen) atoms. The molecule has 8 heteroatoms. The van der Waals surface area contributed by atoms with Crippen LogP contribution < -0.4 is 9.47 Å². The van der Waals surface area contributed by atoms with Crippen LogP contribution in [0.15, 0.2) is 42.5 Å². The Labute approximate surface area is 193 Å². The molecule has 0 bridgehead atoms. The fraction of sp³-hybridized carbons (Fsp3) is 0.480. The Morgan fingerprint density at radius 1 is 1.18 bits per heavy atom. The Balaban J connectivity index is 1.40. The first-order valence-corrected chi connectivity index (χ1v) is 11.6. The van der Waals surface area contributed by atoms with Gasteiger partial charge in [-0.1, -0.05) is 43.5 Å². The van der Waals surface area contributed by atoms with Gasteiger partial charge in [-0.15, -0.1) is 0 Å². The summed E-state index contributed by atoms with van der Waals surface area (Å²) in [4.78, 5) is 24.5. The molecular weight excluding hydrogens is 424 g/mol. The highest BCUT2D eigenvalue weighted by atomic mass is 16.6. The fourth-order valence-electron chi connectivity index (χ4n) is 4.89. The highest BCUT2D eigenvalue weighted by molar-refractivity contribution is 5.68. The summed E-state index contributed by atoms with van der Waals surface area (Å²) in [6.07, 6.45) is 5.84. The number of rotatable bonds is 10. The molecule has 2 aromatic carbocycles. The third kappa shape index (κ3) is 5.82. The number of carbonyl (C=O) groups is 1. The number of nitro benzene ring substituents is 1. The van der Waals surface area contributed by atoms with Crippen LogP contribution in [0.25, 0.3) is 0 Å². The van der Waals surface area contributed by atoms with Crippen molar-refractivity contribution < 1.29 is 24.3 Å². The van der Waals surface area contributed by atoms with E-state index in [0.717, 1.165) is 24.0 Å². The van der Waals surface area contributed by atoms with Gasteiger partial charge in [0.1, 0.15) is 18.1 Å². The van der Waals surface area contributed by atoms with Crippen LogP contribution in [0.5, 0.6) is 11.5 Å². The topological polar surface area (TPSA) is 102 Å². The number of carboxylic acid groups (broad SMARTS) is 1. The molecule has 2 aromatic rings. The molecule has 1 heterocycles. The average molecular weight is 455 g/mol. The Morgan fingerprint density at radius 3 is 2.73 bits per heavy atom. The predicted molar refractivity (Wildman–Crippen MR) is 123 cm³/mol. The minimum Gasteiger partial charge on any atom is -0.492 e. The van der Waals surface area contributed by atoms with Crippen LogP contribution in [-0.2, 0) is 11.3 Å². The molecule has 0 aromatic heterocycles. The van der Waals surface area contributed by atoms with Crippen LogP contribution in [0.4, 0.5) is 5.69 Å². The van der Waals surface area contributed by atoms with Gasteiger partial charge in [-0.3, -0.25) is 19.8 Å². The maximum Gasteiger partial charge on any atom is 0.304 e. The Morgan fingerprint density at radius 2 is 1.97 bits per heavy atom. The molecule has 0 amide bonds. The van der Waals surface area contributed by atoms with Gasteiger partial charge in [0, 0.05) is 48.3 Å². The predicted octanol–water partition coefficient (Wildman–Crippen LogP) is 4.76. The van der Waals surface area contributed by atoms with Crippen molar-refractivity contribution >= 4 is 11.7 Å². The third-order valence-corrected chi connectivity index (χ3v) is 6.59. The van der Waals surface area contributed by atoms with Gasteiger partial charge >= 0.3 is 5.97 Å². The second-order valence-corrected chi connectivity index (χ2v) is 8.80. The summed E-state index contributed by atoms with van der Waals surface area (Å²) in [7, 11) is 0. The molecule has 1 aliphatic heterocycles. The number of nitro groups is 1. The summed E-state index contributed by atoms with van der Waals surface area (Å²) in [6, 6.07) is 12.9. The molecule has 8 nitrogen and oxygen atoms in total. The number of ether oxygens (including phenoxy) is 2. The minimum absolute atomic E-state index is 0.0508. The van der Waals surface area contributed by atoms with E-state index < -0.39 is 5.97 Å². The molecule has 1 unspecified atom stereocenters. The number of benzene rings is 2. The van der Waals surface area contributed by atoms with Crippen molar-refractivity contribution in [1.82, 2.24) is 4.90 Å². The molecule has 1 fully saturated rings. The SMILES string of the molecule is O=C(O)CC1COc2cc(OCCN(Cc3ccccc3[N+](=O)[O-])C3CCCCC3)ccc21.